The summed E-state index contributed by atoms with van der Waals surface area (Å²) >= 11 is 4.13. The molecule has 0 aliphatic carbocycles. The molecule has 2 aliphatic rings. The van der Waals surface area contributed by atoms with Crippen molar-refractivity contribution in [3.8, 4) is 0 Å². The molecule has 2 fully saturated rings. The highest BCUT2D eigenvalue weighted by Gasteiger charge is 2.29. The summed E-state index contributed by atoms with van der Waals surface area (Å²) in [7, 11) is 0. The summed E-state index contributed by atoms with van der Waals surface area (Å²) in [6.45, 7) is 4.42. The van der Waals surface area contributed by atoms with Crippen molar-refractivity contribution in [2.45, 2.75) is 55.9 Å². The molecule has 0 aromatic carbocycles. The molecule has 0 aromatic rings. The maximum Gasteiger partial charge on any atom is 0.136 e. The van der Waals surface area contributed by atoms with Gasteiger partial charge in [-0.1, -0.05) is 13.3 Å². The predicted molar refractivity (Wildman–Crippen MR) is 82.4 cm³/mol. The number of Topliss-reactive ketones (excluding diaryl/α,β-unsaturated/α-hetero) is 1. The molecule has 2 heterocycles. The molecular formula is C14H25NOS2. The molecule has 3 atom stereocenters. The van der Waals surface area contributed by atoms with Gasteiger partial charge >= 0.3 is 0 Å². The van der Waals surface area contributed by atoms with Crippen LogP contribution in [0.3, 0.4) is 0 Å². The van der Waals surface area contributed by atoms with Gasteiger partial charge in [0.1, 0.15) is 5.78 Å². The van der Waals surface area contributed by atoms with E-state index in [0.717, 1.165) is 44.0 Å². The Labute approximate surface area is 119 Å². The number of hydrogen-bond acceptors (Lipinski definition) is 4. The van der Waals surface area contributed by atoms with Crippen LogP contribution in [0.5, 0.6) is 0 Å². The van der Waals surface area contributed by atoms with Crippen molar-refractivity contribution < 1.29 is 4.79 Å². The van der Waals surface area contributed by atoms with E-state index >= 15 is 0 Å². The van der Waals surface area contributed by atoms with Gasteiger partial charge in [0, 0.05) is 34.5 Å². The first kappa shape index (κ1) is 14.7. The molecule has 2 saturated heterocycles. The normalized spacial score (nSPS) is 35.6. The molecule has 0 saturated carbocycles. The van der Waals surface area contributed by atoms with Crippen LogP contribution in [0, 0.1) is 5.92 Å². The van der Waals surface area contributed by atoms with Crippen molar-refractivity contribution in [1.29, 1.82) is 0 Å². The van der Waals surface area contributed by atoms with Crippen LogP contribution in [0.2, 0.25) is 0 Å². The number of hydrogen-bond donors (Lipinski definition) is 1. The zero-order chi connectivity index (χ0) is 12.8. The van der Waals surface area contributed by atoms with Gasteiger partial charge in [-0.15, -0.1) is 23.5 Å². The van der Waals surface area contributed by atoms with Gasteiger partial charge in [0.25, 0.3) is 0 Å². The molecule has 4 heteroatoms. The van der Waals surface area contributed by atoms with E-state index in [0.29, 0.717) is 17.0 Å². The molecule has 0 aromatic heterocycles. The highest BCUT2D eigenvalue weighted by molar-refractivity contribution is 8.19. The van der Waals surface area contributed by atoms with E-state index in [1.54, 1.807) is 0 Å². The minimum atomic E-state index is 0.335. The van der Waals surface area contributed by atoms with Crippen molar-refractivity contribution in [2.75, 3.05) is 18.2 Å². The number of nitrogens with one attached hydrogen (secondary N) is 1. The summed E-state index contributed by atoms with van der Waals surface area (Å²) in [5, 5.41) is 6.23. The van der Waals surface area contributed by atoms with Gasteiger partial charge < -0.3 is 5.32 Å². The number of thioether (sulfide) groups is 2. The molecule has 0 amide bonds. The lowest BCUT2D eigenvalue weighted by Crippen LogP contribution is -2.31. The molecule has 0 radical (unpaired) electrons. The van der Waals surface area contributed by atoms with Crippen molar-refractivity contribution in [1.82, 2.24) is 5.32 Å². The van der Waals surface area contributed by atoms with Gasteiger partial charge in [-0.25, -0.2) is 0 Å². The maximum absolute atomic E-state index is 12.2. The van der Waals surface area contributed by atoms with E-state index in [1.807, 2.05) is 0 Å². The fourth-order valence-electron chi connectivity index (χ4n) is 2.85. The minimum absolute atomic E-state index is 0.335. The number of carbonyl (C=O) groups excluding carboxylic acids is 1. The van der Waals surface area contributed by atoms with Gasteiger partial charge in [-0.3, -0.25) is 4.79 Å². The van der Waals surface area contributed by atoms with Crippen LogP contribution in [-0.2, 0) is 4.79 Å². The van der Waals surface area contributed by atoms with E-state index in [9.17, 15) is 4.79 Å². The van der Waals surface area contributed by atoms with Crippen molar-refractivity contribution in [3.63, 3.8) is 0 Å². The van der Waals surface area contributed by atoms with Gasteiger partial charge in [0.05, 0.1) is 0 Å². The largest absolute Gasteiger partial charge is 0.316 e. The van der Waals surface area contributed by atoms with Crippen molar-refractivity contribution >= 4 is 29.3 Å². The Morgan fingerprint density at radius 1 is 1.22 bits per heavy atom. The quantitative estimate of drug-likeness (QED) is 0.801. The van der Waals surface area contributed by atoms with Gasteiger partial charge in [-0.05, 0) is 32.2 Å². The Morgan fingerprint density at radius 2 is 2.06 bits per heavy atom. The Hall–Kier alpha value is 0.330. The average Bonchev–Trinajstić information content (AvgIpc) is 2.81. The topological polar surface area (TPSA) is 29.1 Å². The summed E-state index contributed by atoms with van der Waals surface area (Å²) < 4.78 is 0. The third-order valence-electron chi connectivity index (χ3n) is 4.10. The Morgan fingerprint density at radius 3 is 2.89 bits per heavy atom. The van der Waals surface area contributed by atoms with E-state index in [1.165, 1.54) is 17.9 Å². The summed E-state index contributed by atoms with van der Waals surface area (Å²) in [5.74, 6) is 0.865. The van der Waals surface area contributed by atoms with E-state index in [-0.39, 0.29) is 0 Å². The zero-order valence-corrected chi connectivity index (χ0v) is 13.0. The third kappa shape index (κ3) is 4.17. The van der Waals surface area contributed by atoms with Crippen LogP contribution >= 0.6 is 23.5 Å². The molecular weight excluding hydrogens is 262 g/mol. The first-order valence-corrected chi connectivity index (χ1v) is 9.37. The van der Waals surface area contributed by atoms with Crippen LogP contribution < -0.4 is 5.32 Å². The monoisotopic (exact) mass is 287 g/mol. The fraction of sp³-hybridized carbons (Fsp3) is 0.929. The number of fused-ring (bicyclic) bond motifs is 1. The summed E-state index contributed by atoms with van der Waals surface area (Å²) in [6, 6.07) is 0. The standard InChI is InChI=1S/C14H25NOS2/c1-2-11-5-3-4-8-15-9-14-13(17-10-18-14)7-6-12(11)16/h11,13-15H,2-10H2,1H3/t11-,13+,14?/m0/s1. The van der Waals surface area contributed by atoms with Crippen molar-refractivity contribution in [3.05, 3.63) is 0 Å². The lowest BCUT2D eigenvalue weighted by atomic mass is 9.91. The smallest absolute Gasteiger partial charge is 0.136 e. The molecule has 2 rings (SSSR count). The van der Waals surface area contributed by atoms with E-state index < -0.39 is 0 Å². The van der Waals surface area contributed by atoms with Gasteiger partial charge in [0.15, 0.2) is 0 Å². The Bertz CT molecular complexity index is 273. The second kappa shape index (κ2) is 7.81. The molecule has 1 unspecified atom stereocenters. The molecule has 0 bridgehead atoms. The van der Waals surface area contributed by atoms with Gasteiger partial charge in [0.2, 0.25) is 0 Å². The first-order valence-electron chi connectivity index (χ1n) is 7.28. The second-order valence-electron chi connectivity index (χ2n) is 5.34. The second-order valence-corrected chi connectivity index (χ2v) is 8.16. The first-order chi connectivity index (χ1) is 8.81. The van der Waals surface area contributed by atoms with Crippen LogP contribution in [0.25, 0.3) is 0 Å². The number of rotatable bonds is 1. The average molecular weight is 287 g/mol. The lowest BCUT2D eigenvalue weighted by molar-refractivity contribution is -0.123. The highest BCUT2D eigenvalue weighted by atomic mass is 32.2. The predicted octanol–water partition coefficient (Wildman–Crippen LogP) is 3.31. The molecule has 18 heavy (non-hydrogen) atoms. The molecule has 1 N–H and O–H groups in total. The maximum atomic E-state index is 12.2. The number of ketones is 1. The highest BCUT2D eigenvalue weighted by Crippen LogP contribution is 2.39. The lowest BCUT2D eigenvalue weighted by Gasteiger charge is -2.21. The Kier molecular flexibility index (Phi) is 6.39. The van der Waals surface area contributed by atoms with Crippen LogP contribution in [0.1, 0.15) is 45.4 Å². The summed E-state index contributed by atoms with van der Waals surface area (Å²) in [4.78, 5) is 12.2. The van der Waals surface area contributed by atoms with Crippen LogP contribution in [-0.4, -0.2) is 34.5 Å². The molecule has 0 spiro atoms. The zero-order valence-electron chi connectivity index (χ0n) is 11.3. The van der Waals surface area contributed by atoms with Gasteiger partial charge in [-0.2, -0.15) is 0 Å². The fourth-order valence-corrected chi connectivity index (χ4v) is 6.22. The molecule has 2 nitrogen and oxygen atoms in total. The molecule has 2 aliphatic heterocycles. The van der Waals surface area contributed by atoms with Crippen molar-refractivity contribution in [2.24, 2.45) is 5.92 Å². The van der Waals surface area contributed by atoms with Crippen LogP contribution in [0.4, 0.5) is 0 Å². The van der Waals surface area contributed by atoms with Crippen LogP contribution in [0.15, 0.2) is 0 Å². The SMILES string of the molecule is CC[C@H]1CCCCNCC2SCS[C@@H]2CCC1=O. The minimum Gasteiger partial charge on any atom is -0.316 e. The summed E-state index contributed by atoms with van der Waals surface area (Å²) in [6.07, 6.45) is 6.47. The Balaban J connectivity index is 1.91. The third-order valence-corrected chi connectivity index (χ3v) is 7.28. The van der Waals surface area contributed by atoms with E-state index in [2.05, 4.69) is 35.8 Å². The number of carbonyl (C=O) groups is 1. The molecule has 104 valence electrons. The summed E-state index contributed by atoms with van der Waals surface area (Å²) in [5.41, 5.74) is 0. The van der Waals surface area contributed by atoms with E-state index in [4.69, 9.17) is 0 Å².